The highest BCUT2D eigenvalue weighted by Crippen LogP contribution is 2.28. The molecule has 0 saturated heterocycles. The lowest BCUT2D eigenvalue weighted by Crippen LogP contribution is -2.38. The van der Waals surface area contributed by atoms with Crippen molar-refractivity contribution in [2.45, 2.75) is 13.8 Å². The van der Waals surface area contributed by atoms with E-state index in [2.05, 4.69) is 5.32 Å². The Labute approximate surface area is 153 Å². The highest BCUT2D eigenvalue weighted by Gasteiger charge is 2.19. The van der Waals surface area contributed by atoms with Crippen LogP contribution in [-0.4, -0.2) is 39.1 Å². The van der Waals surface area contributed by atoms with Crippen LogP contribution < -0.4 is 19.7 Å². The maximum Gasteiger partial charge on any atom is 0.258 e. The van der Waals surface area contributed by atoms with Crippen molar-refractivity contribution in [3.8, 4) is 11.5 Å². The Kier molecular flexibility index (Phi) is 6.60. The zero-order chi connectivity index (χ0) is 19.1. The zero-order valence-electron chi connectivity index (χ0n) is 15.5. The summed E-state index contributed by atoms with van der Waals surface area (Å²) in [6.07, 6.45) is 0. The number of nitrogens with zero attached hydrogens (tertiary/aromatic N) is 1. The number of nitrogens with one attached hydrogen (secondary N) is 1. The molecule has 6 nitrogen and oxygen atoms in total. The molecule has 2 aromatic carbocycles. The Morgan fingerprint density at radius 3 is 2.15 bits per heavy atom. The normalized spacial score (nSPS) is 10.2. The van der Waals surface area contributed by atoms with Gasteiger partial charge in [0.05, 0.1) is 14.2 Å². The molecule has 2 rings (SSSR count). The first kappa shape index (κ1) is 19.3. The Balaban J connectivity index is 2.10. The van der Waals surface area contributed by atoms with Gasteiger partial charge in [0.25, 0.3) is 5.91 Å². The van der Waals surface area contributed by atoms with Crippen molar-refractivity contribution in [3.05, 3.63) is 53.6 Å². The first-order chi connectivity index (χ1) is 12.5. The van der Waals surface area contributed by atoms with Gasteiger partial charge in [0, 0.05) is 25.7 Å². The van der Waals surface area contributed by atoms with Crippen molar-refractivity contribution >= 4 is 17.5 Å². The second-order valence-corrected chi connectivity index (χ2v) is 5.75. The molecule has 1 N–H and O–H groups in total. The molecule has 2 amide bonds. The number of amides is 2. The molecule has 2 aromatic rings. The highest BCUT2D eigenvalue weighted by atomic mass is 16.5. The van der Waals surface area contributed by atoms with Crippen molar-refractivity contribution in [2.24, 2.45) is 0 Å². The summed E-state index contributed by atoms with van der Waals surface area (Å²) in [4.78, 5) is 26.2. The number of ether oxygens (including phenoxy) is 2. The van der Waals surface area contributed by atoms with Gasteiger partial charge in [-0.15, -0.1) is 0 Å². The summed E-state index contributed by atoms with van der Waals surface area (Å²) in [7, 11) is 3.00. The number of hydrogen-bond donors (Lipinski definition) is 1. The van der Waals surface area contributed by atoms with Gasteiger partial charge in [-0.05, 0) is 30.7 Å². The zero-order valence-corrected chi connectivity index (χ0v) is 15.5. The average Bonchev–Trinajstić information content (AvgIpc) is 2.64. The monoisotopic (exact) mass is 356 g/mol. The summed E-state index contributed by atoms with van der Waals surface area (Å²) in [5.41, 5.74) is 2.17. The molecule has 0 heterocycles. The maximum absolute atomic E-state index is 12.6. The van der Waals surface area contributed by atoms with Crippen molar-refractivity contribution in [2.75, 3.05) is 32.2 Å². The van der Waals surface area contributed by atoms with Gasteiger partial charge in [0.15, 0.2) is 0 Å². The predicted molar refractivity (Wildman–Crippen MR) is 101 cm³/mol. The third kappa shape index (κ3) is 4.33. The van der Waals surface area contributed by atoms with Crippen molar-refractivity contribution < 1.29 is 19.1 Å². The van der Waals surface area contributed by atoms with Crippen LogP contribution in [0.15, 0.2) is 42.5 Å². The van der Waals surface area contributed by atoms with E-state index in [1.807, 2.05) is 31.2 Å². The molecule has 0 aliphatic heterocycles. The van der Waals surface area contributed by atoms with Crippen LogP contribution in [0.5, 0.6) is 11.5 Å². The van der Waals surface area contributed by atoms with E-state index in [0.717, 1.165) is 11.3 Å². The van der Waals surface area contributed by atoms with Gasteiger partial charge in [-0.25, -0.2) is 0 Å². The fourth-order valence-electron chi connectivity index (χ4n) is 2.76. The molecule has 0 unspecified atom stereocenters. The molecule has 0 saturated carbocycles. The third-order valence-corrected chi connectivity index (χ3v) is 4.06. The van der Waals surface area contributed by atoms with Crippen LogP contribution in [0.1, 0.15) is 22.8 Å². The van der Waals surface area contributed by atoms with E-state index in [9.17, 15) is 9.59 Å². The summed E-state index contributed by atoms with van der Waals surface area (Å²) < 4.78 is 10.5. The first-order valence-electron chi connectivity index (χ1n) is 8.32. The standard InChI is InChI=1S/C20H24N2O4/c1-14-8-5-6-9-16(14)22(15(2)23)13-12-21-20(24)19-17(25-3)10-7-11-18(19)26-4/h5-11H,12-13H2,1-4H3,(H,21,24). The van der Waals surface area contributed by atoms with E-state index in [1.165, 1.54) is 21.1 Å². The van der Waals surface area contributed by atoms with Crippen molar-refractivity contribution in [1.82, 2.24) is 5.32 Å². The van der Waals surface area contributed by atoms with Crippen LogP contribution in [0.2, 0.25) is 0 Å². The van der Waals surface area contributed by atoms with Gasteiger partial charge in [-0.3, -0.25) is 9.59 Å². The molecular weight excluding hydrogens is 332 g/mol. The lowest BCUT2D eigenvalue weighted by atomic mass is 10.1. The smallest absolute Gasteiger partial charge is 0.258 e. The molecule has 0 fully saturated rings. The van der Waals surface area contributed by atoms with Crippen LogP contribution in [-0.2, 0) is 4.79 Å². The molecule has 0 spiro atoms. The molecule has 6 heteroatoms. The average molecular weight is 356 g/mol. The molecule has 138 valence electrons. The molecular formula is C20H24N2O4. The van der Waals surface area contributed by atoms with Gasteiger partial charge in [0.2, 0.25) is 5.91 Å². The fraction of sp³-hybridized carbons (Fsp3) is 0.300. The van der Waals surface area contributed by atoms with Gasteiger partial charge >= 0.3 is 0 Å². The Morgan fingerprint density at radius 2 is 1.62 bits per heavy atom. The second kappa shape index (κ2) is 8.89. The van der Waals surface area contributed by atoms with Crippen LogP contribution in [0.25, 0.3) is 0 Å². The molecule has 0 aliphatic rings. The largest absolute Gasteiger partial charge is 0.496 e. The van der Waals surface area contributed by atoms with E-state index in [4.69, 9.17) is 9.47 Å². The van der Waals surface area contributed by atoms with Crippen molar-refractivity contribution in [1.29, 1.82) is 0 Å². The van der Waals surface area contributed by atoms with Gasteiger partial charge in [-0.1, -0.05) is 24.3 Å². The van der Waals surface area contributed by atoms with Crippen molar-refractivity contribution in [3.63, 3.8) is 0 Å². The number of carbonyl (C=O) groups is 2. The molecule has 0 atom stereocenters. The van der Waals surface area contributed by atoms with Gasteiger partial charge < -0.3 is 19.7 Å². The molecule has 0 aromatic heterocycles. The Morgan fingerprint density at radius 1 is 1.00 bits per heavy atom. The topological polar surface area (TPSA) is 67.9 Å². The first-order valence-corrected chi connectivity index (χ1v) is 8.32. The Hall–Kier alpha value is -3.02. The minimum Gasteiger partial charge on any atom is -0.496 e. The Bertz CT molecular complexity index is 767. The maximum atomic E-state index is 12.6. The van der Waals surface area contributed by atoms with Gasteiger partial charge in [-0.2, -0.15) is 0 Å². The van der Waals surface area contributed by atoms with E-state index in [0.29, 0.717) is 30.2 Å². The van der Waals surface area contributed by atoms with E-state index in [1.54, 1.807) is 23.1 Å². The van der Waals surface area contributed by atoms with Crippen LogP contribution in [0.4, 0.5) is 5.69 Å². The van der Waals surface area contributed by atoms with Crippen LogP contribution in [0, 0.1) is 6.92 Å². The quantitative estimate of drug-likeness (QED) is 0.828. The highest BCUT2D eigenvalue weighted by molar-refractivity contribution is 6.00. The molecule has 0 bridgehead atoms. The molecule has 0 aliphatic carbocycles. The predicted octanol–water partition coefficient (Wildman–Crippen LogP) is 2.80. The minimum absolute atomic E-state index is 0.0802. The number of anilines is 1. The number of methoxy groups -OCH3 is 2. The third-order valence-electron chi connectivity index (χ3n) is 4.06. The number of hydrogen-bond acceptors (Lipinski definition) is 4. The molecule has 26 heavy (non-hydrogen) atoms. The lowest BCUT2D eigenvalue weighted by Gasteiger charge is -2.23. The number of rotatable bonds is 7. The van der Waals surface area contributed by atoms with E-state index >= 15 is 0 Å². The summed E-state index contributed by atoms with van der Waals surface area (Å²) in [6.45, 7) is 4.12. The fourth-order valence-corrected chi connectivity index (χ4v) is 2.76. The summed E-state index contributed by atoms with van der Waals surface area (Å²) in [6, 6.07) is 12.8. The lowest BCUT2D eigenvalue weighted by molar-refractivity contribution is -0.116. The summed E-state index contributed by atoms with van der Waals surface area (Å²) in [5, 5.41) is 2.83. The summed E-state index contributed by atoms with van der Waals surface area (Å²) in [5.74, 6) is 0.476. The number of carbonyl (C=O) groups excluding carboxylic acids is 2. The number of aryl methyl sites for hydroxylation is 1. The number of para-hydroxylation sites is 1. The summed E-state index contributed by atoms with van der Waals surface area (Å²) >= 11 is 0. The van der Waals surface area contributed by atoms with Gasteiger partial charge in [0.1, 0.15) is 17.1 Å². The van der Waals surface area contributed by atoms with Crippen LogP contribution >= 0.6 is 0 Å². The van der Waals surface area contributed by atoms with E-state index in [-0.39, 0.29) is 11.8 Å². The molecule has 0 radical (unpaired) electrons. The van der Waals surface area contributed by atoms with Crippen LogP contribution in [0.3, 0.4) is 0 Å². The van der Waals surface area contributed by atoms with E-state index < -0.39 is 0 Å². The second-order valence-electron chi connectivity index (χ2n) is 5.75. The number of benzene rings is 2. The SMILES string of the molecule is COc1cccc(OC)c1C(=O)NCCN(C(C)=O)c1ccccc1C. The minimum atomic E-state index is -0.312.